The van der Waals surface area contributed by atoms with Gasteiger partial charge in [-0.1, -0.05) is 45.4 Å². The first-order valence-electron chi connectivity index (χ1n) is 6.24. The molecule has 0 aromatic heterocycles. The van der Waals surface area contributed by atoms with Crippen molar-refractivity contribution in [2.75, 3.05) is 0 Å². The van der Waals surface area contributed by atoms with Crippen molar-refractivity contribution >= 4 is 0 Å². The molecule has 0 nitrogen and oxygen atoms in total. The molecule has 0 N–H and O–H groups in total. The number of rotatable bonds is 0. The van der Waals surface area contributed by atoms with E-state index in [1.54, 1.807) is 0 Å². The third-order valence-corrected chi connectivity index (χ3v) is 5.05. The SMILES string of the molecule is C=C1C(C)=CC[C@@H]2C(C)(C)CCC[C@@]12C. The molecule has 0 aromatic rings. The van der Waals surface area contributed by atoms with Crippen LogP contribution in [0.1, 0.15) is 53.4 Å². The Hall–Kier alpha value is -0.520. The average molecular weight is 204 g/mol. The highest BCUT2D eigenvalue weighted by Crippen LogP contribution is 2.58. The van der Waals surface area contributed by atoms with Gasteiger partial charge in [0.05, 0.1) is 0 Å². The van der Waals surface area contributed by atoms with Gasteiger partial charge in [-0.25, -0.2) is 0 Å². The van der Waals surface area contributed by atoms with Crippen LogP contribution >= 0.6 is 0 Å². The van der Waals surface area contributed by atoms with Crippen molar-refractivity contribution < 1.29 is 0 Å². The highest BCUT2D eigenvalue weighted by atomic mass is 14.5. The molecule has 1 fully saturated rings. The second-order valence-corrected chi connectivity index (χ2v) is 6.41. The van der Waals surface area contributed by atoms with Gasteiger partial charge < -0.3 is 0 Å². The standard InChI is InChI=1S/C15H24/c1-11-7-8-13-14(3,4)9-6-10-15(13,5)12(11)2/h7,13H,2,6,8-10H2,1,3-5H3/t13-,15+/m1/s1. The largest absolute Gasteiger partial charge is 0.0950 e. The molecule has 0 heterocycles. The van der Waals surface area contributed by atoms with Gasteiger partial charge >= 0.3 is 0 Å². The molecular formula is C15H24. The third-order valence-electron chi connectivity index (χ3n) is 5.05. The van der Waals surface area contributed by atoms with Gasteiger partial charge in [0.2, 0.25) is 0 Å². The topological polar surface area (TPSA) is 0 Å². The van der Waals surface area contributed by atoms with Crippen LogP contribution in [-0.2, 0) is 0 Å². The molecule has 1 saturated carbocycles. The fourth-order valence-electron chi connectivity index (χ4n) is 3.93. The van der Waals surface area contributed by atoms with E-state index in [2.05, 4.69) is 40.3 Å². The van der Waals surface area contributed by atoms with E-state index in [-0.39, 0.29) is 0 Å². The fourth-order valence-corrected chi connectivity index (χ4v) is 3.93. The monoisotopic (exact) mass is 204 g/mol. The Morgan fingerprint density at radius 1 is 1.27 bits per heavy atom. The Labute approximate surface area is 94.5 Å². The van der Waals surface area contributed by atoms with Crippen LogP contribution in [0.5, 0.6) is 0 Å². The van der Waals surface area contributed by atoms with Crippen LogP contribution in [0.3, 0.4) is 0 Å². The quantitative estimate of drug-likeness (QED) is 0.535. The van der Waals surface area contributed by atoms with Gasteiger partial charge in [-0.3, -0.25) is 0 Å². The predicted octanol–water partition coefficient (Wildman–Crippen LogP) is 4.73. The van der Waals surface area contributed by atoms with E-state index >= 15 is 0 Å². The molecule has 2 rings (SSSR count). The van der Waals surface area contributed by atoms with Gasteiger partial charge in [-0.05, 0) is 48.5 Å². The van der Waals surface area contributed by atoms with E-state index in [0.29, 0.717) is 10.8 Å². The van der Waals surface area contributed by atoms with E-state index < -0.39 is 0 Å². The minimum Gasteiger partial charge on any atom is -0.0950 e. The van der Waals surface area contributed by atoms with Crippen LogP contribution in [0.2, 0.25) is 0 Å². The number of allylic oxidation sites excluding steroid dienone is 3. The molecule has 2 aliphatic carbocycles. The second-order valence-electron chi connectivity index (χ2n) is 6.41. The van der Waals surface area contributed by atoms with Crippen molar-refractivity contribution in [1.29, 1.82) is 0 Å². The molecule has 84 valence electrons. The fraction of sp³-hybridized carbons (Fsp3) is 0.733. The molecule has 2 atom stereocenters. The van der Waals surface area contributed by atoms with Crippen molar-refractivity contribution in [2.24, 2.45) is 16.7 Å². The van der Waals surface area contributed by atoms with Crippen molar-refractivity contribution in [3.63, 3.8) is 0 Å². The minimum atomic E-state index is 0.376. The van der Waals surface area contributed by atoms with Gasteiger partial charge in [0.15, 0.2) is 0 Å². The van der Waals surface area contributed by atoms with E-state index in [1.807, 2.05) is 0 Å². The minimum absolute atomic E-state index is 0.376. The van der Waals surface area contributed by atoms with E-state index in [0.717, 1.165) is 5.92 Å². The lowest BCUT2D eigenvalue weighted by Crippen LogP contribution is -2.44. The molecular weight excluding hydrogens is 180 g/mol. The van der Waals surface area contributed by atoms with Gasteiger partial charge in [-0.2, -0.15) is 0 Å². The second kappa shape index (κ2) is 3.23. The Kier molecular flexibility index (Phi) is 2.37. The molecule has 0 bridgehead atoms. The zero-order chi connectivity index (χ0) is 11.3. The zero-order valence-corrected chi connectivity index (χ0v) is 10.7. The summed E-state index contributed by atoms with van der Waals surface area (Å²) in [6, 6.07) is 0. The summed E-state index contributed by atoms with van der Waals surface area (Å²) in [5.41, 5.74) is 3.71. The Bertz CT molecular complexity index is 319. The third kappa shape index (κ3) is 1.49. The zero-order valence-electron chi connectivity index (χ0n) is 10.7. The molecule has 0 spiro atoms. The van der Waals surface area contributed by atoms with Gasteiger partial charge in [-0.15, -0.1) is 0 Å². The molecule has 0 saturated heterocycles. The highest BCUT2D eigenvalue weighted by Gasteiger charge is 2.48. The van der Waals surface area contributed by atoms with Crippen LogP contribution in [0.4, 0.5) is 0 Å². The lowest BCUT2D eigenvalue weighted by Gasteiger charge is -2.54. The van der Waals surface area contributed by atoms with E-state index in [1.165, 1.54) is 36.8 Å². The molecule has 0 unspecified atom stereocenters. The molecule has 0 aliphatic heterocycles. The normalized spacial score (nSPS) is 39.6. The maximum Gasteiger partial charge on any atom is -0.00423 e. The van der Waals surface area contributed by atoms with Crippen LogP contribution < -0.4 is 0 Å². The summed E-state index contributed by atoms with van der Waals surface area (Å²) in [5.74, 6) is 0.801. The van der Waals surface area contributed by atoms with Crippen molar-refractivity contribution in [1.82, 2.24) is 0 Å². The van der Waals surface area contributed by atoms with E-state index in [9.17, 15) is 0 Å². The Balaban J connectivity index is 2.42. The molecule has 2 aliphatic rings. The van der Waals surface area contributed by atoms with Crippen LogP contribution in [0.15, 0.2) is 23.8 Å². The summed E-state index contributed by atoms with van der Waals surface area (Å²) in [5, 5.41) is 0. The van der Waals surface area contributed by atoms with Gasteiger partial charge in [0.1, 0.15) is 0 Å². The lowest BCUT2D eigenvalue weighted by atomic mass is 9.51. The number of fused-ring (bicyclic) bond motifs is 1. The summed E-state index contributed by atoms with van der Waals surface area (Å²) in [7, 11) is 0. The smallest absolute Gasteiger partial charge is 0.00423 e. The first-order valence-corrected chi connectivity index (χ1v) is 6.24. The molecule has 0 heteroatoms. The van der Waals surface area contributed by atoms with Crippen molar-refractivity contribution in [2.45, 2.75) is 53.4 Å². The first-order chi connectivity index (χ1) is 6.88. The molecule has 0 radical (unpaired) electrons. The Morgan fingerprint density at radius 3 is 2.60 bits per heavy atom. The summed E-state index contributed by atoms with van der Waals surface area (Å²) in [6.45, 7) is 13.9. The van der Waals surface area contributed by atoms with Gasteiger partial charge in [0, 0.05) is 0 Å². The summed E-state index contributed by atoms with van der Waals surface area (Å²) >= 11 is 0. The number of hydrogen-bond donors (Lipinski definition) is 0. The molecule has 0 aromatic carbocycles. The first kappa shape index (κ1) is 11.0. The van der Waals surface area contributed by atoms with Crippen molar-refractivity contribution in [3.05, 3.63) is 23.8 Å². The average Bonchev–Trinajstić information content (AvgIpc) is 2.12. The van der Waals surface area contributed by atoms with E-state index in [4.69, 9.17) is 0 Å². The van der Waals surface area contributed by atoms with Crippen LogP contribution in [0, 0.1) is 16.7 Å². The van der Waals surface area contributed by atoms with Crippen LogP contribution in [-0.4, -0.2) is 0 Å². The number of hydrogen-bond acceptors (Lipinski definition) is 0. The van der Waals surface area contributed by atoms with Gasteiger partial charge in [0.25, 0.3) is 0 Å². The van der Waals surface area contributed by atoms with Crippen LogP contribution in [0.25, 0.3) is 0 Å². The summed E-state index contributed by atoms with van der Waals surface area (Å²) in [6.07, 6.45) is 7.75. The maximum absolute atomic E-state index is 4.35. The summed E-state index contributed by atoms with van der Waals surface area (Å²) < 4.78 is 0. The van der Waals surface area contributed by atoms with Crippen molar-refractivity contribution in [3.8, 4) is 0 Å². The molecule has 0 amide bonds. The highest BCUT2D eigenvalue weighted by molar-refractivity contribution is 5.37. The lowest BCUT2D eigenvalue weighted by molar-refractivity contribution is 0.0265. The summed E-state index contributed by atoms with van der Waals surface area (Å²) in [4.78, 5) is 0. The molecule has 15 heavy (non-hydrogen) atoms. The maximum atomic E-state index is 4.35. The Morgan fingerprint density at radius 2 is 1.93 bits per heavy atom. The predicted molar refractivity (Wildman–Crippen MR) is 66.7 cm³/mol.